The van der Waals surface area contributed by atoms with E-state index in [1.807, 2.05) is 18.2 Å². The summed E-state index contributed by atoms with van der Waals surface area (Å²) in [4.78, 5) is 0. The first-order valence-corrected chi connectivity index (χ1v) is 8.50. The predicted molar refractivity (Wildman–Crippen MR) is 86.1 cm³/mol. The number of rotatable bonds is 6. The lowest BCUT2D eigenvalue weighted by atomic mass is 9.86. The summed E-state index contributed by atoms with van der Waals surface area (Å²) < 4.78 is 7.18. The van der Waals surface area contributed by atoms with Crippen molar-refractivity contribution in [3.05, 3.63) is 28.2 Å². The van der Waals surface area contributed by atoms with E-state index in [1.54, 1.807) is 0 Å². The zero-order valence-electron chi connectivity index (χ0n) is 12.5. The van der Waals surface area contributed by atoms with E-state index in [0.29, 0.717) is 6.42 Å². The van der Waals surface area contributed by atoms with Gasteiger partial charge in [-0.25, -0.2) is 0 Å². The Morgan fingerprint density at radius 3 is 2.80 bits per heavy atom. The Kier molecular flexibility index (Phi) is 5.50. The van der Waals surface area contributed by atoms with E-state index in [9.17, 15) is 5.11 Å². The second kappa shape index (κ2) is 6.95. The van der Waals surface area contributed by atoms with Gasteiger partial charge in [0.05, 0.1) is 6.10 Å². The molecule has 0 aliphatic carbocycles. The average molecular weight is 341 g/mol. The van der Waals surface area contributed by atoms with Gasteiger partial charge in [0.1, 0.15) is 11.4 Å². The maximum absolute atomic E-state index is 10.3. The fourth-order valence-electron chi connectivity index (χ4n) is 2.95. The van der Waals surface area contributed by atoms with Gasteiger partial charge in [-0.2, -0.15) is 0 Å². The normalized spacial score (nSPS) is 25.1. The molecular weight excluding hydrogens is 316 g/mol. The highest BCUT2D eigenvalue weighted by molar-refractivity contribution is 9.10. The van der Waals surface area contributed by atoms with Gasteiger partial charge in [0.15, 0.2) is 0 Å². The van der Waals surface area contributed by atoms with Crippen LogP contribution in [-0.4, -0.2) is 10.7 Å². The van der Waals surface area contributed by atoms with Crippen LogP contribution < -0.4 is 4.74 Å². The monoisotopic (exact) mass is 340 g/mol. The molecule has 20 heavy (non-hydrogen) atoms. The predicted octanol–water partition coefficient (Wildman–Crippen LogP) is 5.38. The first kappa shape index (κ1) is 15.8. The second-order valence-corrected chi connectivity index (χ2v) is 7.03. The van der Waals surface area contributed by atoms with Crippen molar-refractivity contribution in [3.63, 3.8) is 0 Å². The van der Waals surface area contributed by atoms with E-state index in [-0.39, 0.29) is 5.60 Å². The lowest BCUT2D eigenvalue weighted by Gasteiger charge is -2.38. The summed E-state index contributed by atoms with van der Waals surface area (Å²) >= 11 is 3.47. The number of ether oxygens (including phenoxy) is 1. The summed E-state index contributed by atoms with van der Waals surface area (Å²) in [5.74, 6) is 0.828. The number of halogens is 1. The molecule has 1 aliphatic rings. The molecule has 0 saturated heterocycles. The third kappa shape index (κ3) is 3.98. The van der Waals surface area contributed by atoms with Crippen LogP contribution in [-0.2, 0) is 0 Å². The van der Waals surface area contributed by atoms with Crippen molar-refractivity contribution >= 4 is 15.9 Å². The molecule has 1 aromatic carbocycles. The summed E-state index contributed by atoms with van der Waals surface area (Å²) in [6.07, 6.45) is 7.62. The summed E-state index contributed by atoms with van der Waals surface area (Å²) in [6.45, 7) is 4.36. The van der Waals surface area contributed by atoms with E-state index in [1.165, 1.54) is 32.1 Å². The largest absolute Gasteiger partial charge is 0.487 e. The molecule has 2 unspecified atom stereocenters. The van der Waals surface area contributed by atoms with Crippen molar-refractivity contribution in [1.82, 2.24) is 0 Å². The Morgan fingerprint density at radius 1 is 1.30 bits per heavy atom. The van der Waals surface area contributed by atoms with Gasteiger partial charge in [-0.3, -0.25) is 0 Å². The van der Waals surface area contributed by atoms with E-state index in [2.05, 4.69) is 29.8 Å². The van der Waals surface area contributed by atoms with Crippen LogP contribution in [0.5, 0.6) is 5.75 Å². The van der Waals surface area contributed by atoms with Crippen LogP contribution in [0.4, 0.5) is 0 Å². The fraction of sp³-hybridized carbons (Fsp3) is 0.647. The van der Waals surface area contributed by atoms with Gasteiger partial charge >= 0.3 is 0 Å². The van der Waals surface area contributed by atoms with Gasteiger partial charge in [-0.05, 0) is 31.9 Å². The standard InChI is InChI=1S/C17H25BrO2/c1-3-4-5-6-7-10-17(2)12-15(19)14-9-8-13(18)11-16(14)20-17/h8-9,11,15,19H,3-7,10,12H2,1-2H3. The van der Waals surface area contributed by atoms with Crippen LogP contribution in [0.2, 0.25) is 0 Å². The smallest absolute Gasteiger partial charge is 0.127 e. The quantitative estimate of drug-likeness (QED) is 0.704. The maximum Gasteiger partial charge on any atom is 0.127 e. The Morgan fingerprint density at radius 2 is 2.05 bits per heavy atom. The second-order valence-electron chi connectivity index (χ2n) is 6.12. The minimum atomic E-state index is -0.410. The summed E-state index contributed by atoms with van der Waals surface area (Å²) in [7, 11) is 0. The molecule has 1 heterocycles. The highest BCUT2D eigenvalue weighted by atomic mass is 79.9. The van der Waals surface area contributed by atoms with Gasteiger partial charge < -0.3 is 9.84 Å². The number of unbranched alkanes of at least 4 members (excludes halogenated alkanes) is 4. The Labute approximate surface area is 130 Å². The van der Waals surface area contributed by atoms with E-state index >= 15 is 0 Å². The van der Waals surface area contributed by atoms with Crippen molar-refractivity contribution in [2.24, 2.45) is 0 Å². The number of hydrogen-bond acceptors (Lipinski definition) is 2. The Hall–Kier alpha value is -0.540. The van der Waals surface area contributed by atoms with Crippen molar-refractivity contribution in [1.29, 1.82) is 0 Å². The molecule has 0 amide bonds. The number of benzene rings is 1. The van der Waals surface area contributed by atoms with E-state index in [0.717, 1.165) is 22.2 Å². The van der Waals surface area contributed by atoms with E-state index in [4.69, 9.17) is 4.74 Å². The number of fused-ring (bicyclic) bond motifs is 1. The molecule has 2 rings (SSSR count). The summed E-state index contributed by atoms with van der Waals surface area (Å²) in [5.41, 5.74) is 0.677. The lowest BCUT2D eigenvalue weighted by Crippen LogP contribution is -2.38. The summed E-state index contributed by atoms with van der Waals surface area (Å²) in [5, 5.41) is 10.3. The van der Waals surface area contributed by atoms with Crippen molar-refractivity contribution in [3.8, 4) is 5.75 Å². The molecule has 0 spiro atoms. The molecule has 1 aromatic rings. The van der Waals surface area contributed by atoms with Gasteiger partial charge in [-0.15, -0.1) is 0 Å². The topological polar surface area (TPSA) is 29.5 Å². The van der Waals surface area contributed by atoms with Gasteiger partial charge in [0.2, 0.25) is 0 Å². The van der Waals surface area contributed by atoms with Crippen LogP contribution in [0.3, 0.4) is 0 Å². The van der Waals surface area contributed by atoms with Gasteiger partial charge in [-0.1, -0.05) is 54.6 Å². The zero-order valence-corrected chi connectivity index (χ0v) is 14.1. The van der Waals surface area contributed by atoms with Crippen LogP contribution in [0.15, 0.2) is 22.7 Å². The maximum atomic E-state index is 10.3. The highest BCUT2D eigenvalue weighted by Gasteiger charge is 2.36. The molecule has 0 radical (unpaired) electrons. The molecule has 2 atom stereocenters. The third-order valence-corrected chi connectivity index (χ3v) is 4.62. The fourth-order valence-corrected chi connectivity index (χ4v) is 3.29. The van der Waals surface area contributed by atoms with Crippen LogP contribution in [0.25, 0.3) is 0 Å². The molecule has 1 aliphatic heterocycles. The Balaban J connectivity index is 1.97. The lowest BCUT2D eigenvalue weighted by molar-refractivity contribution is -0.00855. The van der Waals surface area contributed by atoms with Crippen molar-refractivity contribution < 1.29 is 9.84 Å². The minimum absolute atomic E-state index is 0.237. The number of aliphatic hydroxyl groups is 1. The van der Waals surface area contributed by atoms with Crippen molar-refractivity contribution in [2.75, 3.05) is 0 Å². The first-order valence-electron chi connectivity index (χ1n) is 7.70. The third-order valence-electron chi connectivity index (χ3n) is 4.13. The molecule has 112 valence electrons. The van der Waals surface area contributed by atoms with Crippen molar-refractivity contribution in [2.45, 2.75) is 70.5 Å². The van der Waals surface area contributed by atoms with Crippen LogP contribution >= 0.6 is 15.9 Å². The molecule has 0 aromatic heterocycles. The van der Waals surface area contributed by atoms with Crippen LogP contribution in [0.1, 0.15) is 70.5 Å². The first-order chi connectivity index (χ1) is 9.54. The highest BCUT2D eigenvalue weighted by Crippen LogP contribution is 2.42. The molecule has 2 nitrogen and oxygen atoms in total. The average Bonchev–Trinajstić information content (AvgIpc) is 2.37. The number of hydrogen-bond donors (Lipinski definition) is 1. The van der Waals surface area contributed by atoms with E-state index < -0.39 is 6.10 Å². The molecular formula is C17H25BrO2. The molecule has 3 heteroatoms. The molecule has 0 bridgehead atoms. The summed E-state index contributed by atoms with van der Waals surface area (Å²) in [6, 6.07) is 5.87. The van der Waals surface area contributed by atoms with Crippen LogP contribution in [0, 0.1) is 0 Å². The minimum Gasteiger partial charge on any atom is -0.487 e. The molecule has 0 saturated carbocycles. The number of aliphatic hydroxyl groups excluding tert-OH is 1. The van der Waals surface area contributed by atoms with Gasteiger partial charge in [0.25, 0.3) is 0 Å². The Bertz CT molecular complexity index is 447. The zero-order chi connectivity index (χ0) is 14.6. The molecule has 1 N–H and O–H groups in total. The van der Waals surface area contributed by atoms with Gasteiger partial charge in [0, 0.05) is 16.5 Å². The molecule has 0 fully saturated rings. The SMILES string of the molecule is CCCCCCCC1(C)CC(O)c2ccc(Br)cc2O1.